The van der Waals surface area contributed by atoms with E-state index in [4.69, 9.17) is 21.3 Å². The van der Waals surface area contributed by atoms with Gasteiger partial charge in [0.25, 0.3) is 5.56 Å². The molecule has 0 aliphatic heterocycles. The first kappa shape index (κ1) is 21.1. The summed E-state index contributed by atoms with van der Waals surface area (Å²) >= 11 is 6.05. The van der Waals surface area contributed by atoms with Gasteiger partial charge in [-0.3, -0.25) is 9.36 Å². The molecule has 0 spiro atoms. The van der Waals surface area contributed by atoms with Gasteiger partial charge >= 0.3 is 0 Å². The van der Waals surface area contributed by atoms with Crippen LogP contribution in [0.2, 0.25) is 5.02 Å². The van der Waals surface area contributed by atoms with Crippen LogP contribution in [0.5, 0.6) is 5.75 Å². The number of para-hydroxylation sites is 1. The predicted molar refractivity (Wildman–Crippen MR) is 127 cm³/mol. The van der Waals surface area contributed by atoms with Crippen molar-refractivity contribution in [1.82, 2.24) is 9.55 Å². The highest BCUT2D eigenvalue weighted by Crippen LogP contribution is 2.22. The maximum Gasteiger partial charge on any atom is 0.261 e. The molecule has 0 saturated carbocycles. The highest BCUT2D eigenvalue weighted by Gasteiger charge is 2.12. The Hall–Kier alpha value is -3.11. The summed E-state index contributed by atoms with van der Waals surface area (Å²) in [5.74, 6) is 1.56. The van der Waals surface area contributed by atoms with Crippen molar-refractivity contribution in [2.75, 3.05) is 6.61 Å². The second-order valence-electron chi connectivity index (χ2n) is 7.80. The molecule has 0 aliphatic rings. The molecule has 0 amide bonds. The Morgan fingerprint density at radius 3 is 2.39 bits per heavy atom. The lowest BCUT2D eigenvalue weighted by Crippen LogP contribution is -2.24. The van der Waals surface area contributed by atoms with Crippen LogP contribution < -0.4 is 10.3 Å². The number of halogens is 1. The number of aromatic nitrogens is 2. The fraction of sp³-hybridized carbons (Fsp3) is 0.231. The summed E-state index contributed by atoms with van der Waals surface area (Å²) in [7, 11) is 0. The van der Waals surface area contributed by atoms with Crippen LogP contribution in [-0.4, -0.2) is 16.2 Å². The molecule has 1 heterocycles. The van der Waals surface area contributed by atoms with Gasteiger partial charge in [0.2, 0.25) is 0 Å². The summed E-state index contributed by atoms with van der Waals surface area (Å²) in [6.45, 7) is 5.31. The van der Waals surface area contributed by atoms with Crippen LogP contribution in [0.4, 0.5) is 0 Å². The van der Waals surface area contributed by atoms with E-state index in [1.807, 2.05) is 60.7 Å². The Kier molecular flexibility index (Phi) is 6.38. The van der Waals surface area contributed by atoms with Crippen molar-refractivity contribution in [1.29, 1.82) is 0 Å². The lowest BCUT2D eigenvalue weighted by molar-refractivity contribution is 0.302. The van der Waals surface area contributed by atoms with Gasteiger partial charge < -0.3 is 4.74 Å². The highest BCUT2D eigenvalue weighted by molar-refractivity contribution is 6.30. The molecule has 0 N–H and O–H groups in total. The van der Waals surface area contributed by atoms with Crippen LogP contribution in [0.3, 0.4) is 0 Å². The molecule has 3 aromatic carbocycles. The van der Waals surface area contributed by atoms with Crippen molar-refractivity contribution < 1.29 is 4.74 Å². The zero-order valence-electron chi connectivity index (χ0n) is 17.8. The molecule has 4 rings (SSSR count). The highest BCUT2D eigenvalue weighted by atomic mass is 35.5. The van der Waals surface area contributed by atoms with E-state index in [1.165, 1.54) is 11.1 Å². The maximum absolute atomic E-state index is 13.2. The second-order valence-corrected chi connectivity index (χ2v) is 8.23. The fourth-order valence-corrected chi connectivity index (χ4v) is 3.90. The van der Waals surface area contributed by atoms with Crippen LogP contribution in [0, 0.1) is 13.8 Å². The van der Waals surface area contributed by atoms with E-state index in [0.29, 0.717) is 34.9 Å². The van der Waals surface area contributed by atoms with Crippen molar-refractivity contribution in [3.8, 4) is 17.1 Å². The molecular formula is C26H25ClN2O2. The molecule has 0 radical (unpaired) electrons. The van der Waals surface area contributed by atoms with Gasteiger partial charge in [-0.15, -0.1) is 0 Å². The smallest absolute Gasteiger partial charge is 0.261 e. The number of benzene rings is 3. The molecule has 4 aromatic rings. The van der Waals surface area contributed by atoms with Crippen molar-refractivity contribution in [2.24, 2.45) is 0 Å². The fourth-order valence-electron chi connectivity index (χ4n) is 3.77. The molecular weight excluding hydrogens is 408 g/mol. The Balaban J connectivity index is 1.53. The van der Waals surface area contributed by atoms with Crippen LogP contribution in [0.1, 0.15) is 24.0 Å². The zero-order chi connectivity index (χ0) is 21.8. The van der Waals surface area contributed by atoms with E-state index < -0.39 is 0 Å². The van der Waals surface area contributed by atoms with Gasteiger partial charge in [-0.2, -0.15) is 0 Å². The topological polar surface area (TPSA) is 44.1 Å². The maximum atomic E-state index is 13.2. The Morgan fingerprint density at radius 1 is 0.935 bits per heavy atom. The van der Waals surface area contributed by atoms with E-state index in [-0.39, 0.29) is 5.56 Å². The SMILES string of the molecule is Cc1cc(C)cc(OCCCCn2c(-c3ccc(Cl)cc3)nc3ccccc3c2=O)c1. The normalized spacial score (nSPS) is 11.1. The largest absolute Gasteiger partial charge is 0.494 e. The molecule has 1 aromatic heterocycles. The summed E-state index contributed by atoms with van der Waals surface area (Å²) in [5, 5.41) is 1.29. The minimum absolute atomic E-state index is 0.0224. The Labute approximate surface area is 187 Å². The molecule has 0 bridgehead atoms. The van der Waals surface area contributed by atoms with Gasteiger partial charge in [0.05, 0.1) is 17.5 Å². The van der Waals surface area contributed by atoms with Gasteiger partial charge in [0, 0.05) is 17.1 Å². The third-order valence-corrected chi connectivity index (χ3v) is 5.46. The summed E-state index contributed by atoms with van der Waals surface area (Å²) in [6.07, 6.45) is 1.65. The zero-order valence-corrected chi connectivity index (χ0v) is 18.5. The summed E-state index contributed by atoms with van der Waals surface area (Å²) < 4.78 is 7.68. The number of aryl methyl sites for hydroxylation is 2. The van der Waals surface area contributed by atoms with Gasteiger partial charge in [-0.25, -0.2) is 4.98 Å². The van der Waals surface area contributed by atoms with Crippen molar-refractivity contribution in [3.63, 3.8) is 0 Å². The van der Waals surface area contributed by atoms with Crippen molar-refractivity contribution in [3.05, 3.63) is 93.2 Å². The number of unbranched alkanes of at least 4 members (excludes halogenated alkanes) is 1. The third kappa shape index (κ3) is 4.97. The van der Waals surface area contributed by atoms with E-state index in [2.05, 4.69) is 19.9 Å². The van der Waals surface area contributed by atoms with Crippen LogP contribution in [0.15, 0.2) is 71.5 Å². The lowest BCUT2D eigenvalue weighted by Gasteiger charge is -2.14. The minimum Gasteiger partial charge on any atom is -0.494 e. The minimum atomic E-state index is -0.0224. The second kappa shape index (κ2) is 9.36. The number of nitrogens with zero attached hydrogens (tertiary/aromatic N) is 2. The number of fused-ring (bicyclic) bond motifs is 1. The van der Waals surface area contributed by atoms with Gasteiger partial charge in [-0.1, -0.05) is 29.8 Å². The molecule has 5 heteroatoms. The first-order chi connectivity index (χ1) is 15.0. The first-order valence-corrected chi connectivity index (χ1v) is 10.9. The number of rotatable bonds is 7. The number of hydrogen-bond donors (Lipinski definition) is 0. The first-order valence-electron chi connectivity index (χ1n) is 10.5. The Morgan fingerprint density at radius 2 is 1.65 bits per heavy atom. The molecule has 0 aliphatic carbocycles. The van der Waals surface area contributed by atoms with Crippen molar-refractivity contribution >= 4 is 22.5 Å². The molecule has 31 heavy (non-hydrogen) atoms. The van der Waals surface area contributed by atoms with Crippen molar-refractivity contribution in [2.45, 2.75) is 33.2 Å². The average molecular weight is 433 g/mol. The van der Waals surface area contributed by atoms with E-state index in [1.54, 1.807) is 4.57 Å². The molecule has 0 fully saturated rings. The van der Waals surface area contributed by atoms with Gasteiger partial charge in [0.1, 0.15) is 11.6 Å². The molecule has 158 valence electrons. The molecule has 0 unspecified atom stereocenters. The summed E-state index contributed by atoms with van der Waals surface area (Å²) in [4.78, 5) is 18.0. The van der Waals surface area contributed by atoms with Gasteiger partial charge in [-0.05, 0) is 86.3 Å². The molecule has 4 nitrogen and oxygen atoms in total. The number of ether oxygens (including phenoxy) is 1. The van der Waals surface area contributed by atoms with E-state index in [0.717, 1.165) is 24.2 Å². The monoisotopic (exact) mass is 432 g/mol. The van der Waals surface area contributed by atoms with E-state index >= 15 is 0 Å². The van der Waals surface area contributed by atoms with Crippen LogP contribution >= 0.6 is 11.6 Å². The summed E-state index contributed by atoms with van der Waals surface area (Å²) in [6, 6.07) is 21.1. The summed E-state index contributed by atoms with van der Waals surface area (Å²) in [5.41, 5.74) is 3.93. The van der Waals surface area contributed by atoms with Gasteiger partial charge in [0.15, 0.2) is 0 Å². The average Bonchev–Trinajstić information content (AvgIpc) is 2.75. The molecule has 0 atom stereocenters. The quantitative estimate of drug-likeness (QED) is 0.327. The Bertz CT molecular complexity index is 1240. The van der Waals surface area contributed by atoms with Crippen LogP contribution in [0.25, 0.3) is 22.3 Å². The van der Waals surface area contributed by atoms with E-state index in [9.17, 15) is 4.79 Å². The lowest BCUT2D eigenvalue weighted by atomic mass is 10.1. The third-order valence-electron chi connectivity index (χ3n) is 5.20. The van der Waals surface area contributed by atoms with Crippen LogP contribution in [-0.2, 0) is 6.54 Å². The predicted octanol–water partition coefficient (Wildman–Crippen LogP) is 6.19. The molecule has 0 saturated heterocycles. The number of hydrogen-bond acceptors (Lipinski definition) is 3. The standard InChI is InChI=1S/C26H25ClN2O2/c1-18-15-19(2)17-22(16-18)31-14-6-5-13-29-25(20-9-11-21(27)12-10-20)28-24-8-4-3-7-23(24)26(29)30/h3-4,7-12,15-17H,5-6,13-14H2,1-2H3.